The average molecular weight is 671 g/mol. The molecule has 0 aliphatic heterocycles. The molecule has 8 N–H and O–H groups in total. The predicted octanol–water partition coefficient (Wildman–Crippen LogP) is 2.71. The standard InChI is InChI=1S/C18H14O8.C13H18BrN3O/c19-13(11-7-3-1-4-8-11)17(25,15(21)22)18(26,16(23)24)14(20)12-9-5-2-6-10-12;1-13(2,3)17-11(7-18)8-4-9(6-15)12(16)10(14)5-8/h1-10,25-26H,(H,21,22)(H,23,24);4-5,11,17-18H,7,16H2,1-3H3/t17-,18-;/m0./s1. The molecule has 232 valence electrons. The molecule has 3 atom stereocenters. The number of halogens is 1. The summed E-state index contributed by atoms with van der Waals surface area (Å²) in [4.78, 5) is 48.5. The first kappa shape index (κ1) is 35.7. The summed E-state index contributed by atoms with van der Waals surface area (Å²) in [5.74, 6) is -8.03. The second kappa shape index (κ2) is 14.3. The number of rotatable bonds is 10. The van der Waals surface area contributed by atoms with Crippen LogP contribution in [0.1, 0.15) is 58.7 Å². The van der Waals surface area contributed by atoms with Crippen molar-refractivity contribution >= 4 is 45.1 Å². The van der Waals surface area contributed by atoms with Crippen LogP contribution in [0, 0.1) is 11.3 Å². The highest BCUT2D eigenvalue weighted by atomic mass is 79.9. The van der Waals surface area contributed by atoms with Gasteiger partial charge in [-0.25, -0.2) is 9.59 Å². The number of benzene rings is 3. The lowest BCUT2D eigenvalue weighted by atomic mass is 9.73. The summed E-state index contributed by atoms with van der Waals surface area (Å²) in [6.45, 7) is 6.02. The van der Waals surface area contributed by atoms with Crippen molar-refractivity contribution in [2.75, 3.05) is 12.3 Å². The van der Waals surface area contributed by atoms with E-state index in [1.165, 1.54) is 36.4 Å². The van der Waals surface area contributed by atoms with Gasteiger partial charge in [-0.3, -0.25) is 9.59 Å². The Balaban J connectivity index is 0.000000329. The Bertz CT molecular complexity index is 1500. The van der Waals surface area contributed by atoms with Crippen LogP contribution in [-0.2, 0) is 9.59 Å². The summed E-state index contributed by atoms with van der Waals surface area (Å²) in [6, 6.07) is 18.2. The van der Waals surface area contributed by atoms with Crippen LogP contribution in [0.4, 0.5) is 5.69 Å². The number of hydrogen-bond acceptors (Lipinski definition) is 10. The van der Waals surface area contributed by atoms with Gasteiger partial charge in [-0.05, 0) is 54.4 Å². The van der Waals surface area contributed by atoms with Gasteiger partial charge in [0.15, 0.2) is 0 Å². The highest BCUT2D eigenvalue weighted by molar-refractivity contribution is 9.10. The summed E-state index contributed by atoms with van der Waals surface area (Å²) in [5, 5.41) is 61.7. The highest BCUT2D eigenvalue weighted by Crippen LogP contribution is 2.32. The van der Waals surface area contributed by atoms with Crippen LogP contribution in [0.25, 0.3) is 0 Å². The van der Waals surface area contributed by atoms with E-state index in [-0.39, 0.29) is 18.2 Å². The molecule has 0 bridgehead atoms. The zero-order valence-corrected chi connectivity index (χ0v) is 25.6. The Morgan fingerprint density at radius 2 is 1.27 bits per heavy atom. The van der Waals surface area contributed by atoms with Crippen LogP contribution in [0.3, 0.4) is 0 Å². The van der Waals surface area contributed by atoms with E-state index in [0.717, 1.165) is 29.8 Å². The number of nitrogens with two attached hydrogens (primary N) is 1. The zero-order valence-electron chi connectivity index (χ0n) is 24.0. The van der Waals surface area contributed by atoms with Gasteiger partial charge < -0.3 is 36.6 Å². The number of nitrogens with zero attached hydrogens (tertiary/aromatic N) is 1. The molecule has 0 spiro atoms. The molecule has 0 aliphatic rings. The van der Waals surface area contributed by atoms with Gasteiger partial charge in [-0.2, -0.15) is 5.26 Å². The highest BCUT2D eigenvalue weighted by Gasteiger charge is 2.69. The van der Waals surface area contributed by atoms with Gasteiger partial charge >= 0.3 is 11.9 Å². The topological polar surface area (TPSA) is 231 Å². The number of anilines is 1. The molecule has 12 nitrogen and oxygen atoms in total. The van der Waals surface area contributed by atoms with Gasteiger partial charge in [0.1, 0.15) is 6.07 Å². The molecule has 3 aromatic rings. The summed E-state index contributed by atoms with van der Waals surface area (Å²) in [6.07, 6.45) is 0. The van der Waals surface area contributed by atoms with Crippen LogP contribution in [0.15, 0.2) is 77.3 Å². The molecule has 0 saturated carbocycles. The number of nitrogen functional groups attached to an aromatic ring is 1. The van der Waals surface area contributed by atoms with Crippen molar-refractivity contribution in [1.29, 1.82) is 5.26 Å². The second-order valence-electron chi connectivity index (χ2n) is 10.6. The molecular weight excluding hydrogens is 638 g/mol. The summed E-state index contributed by atoms with van der Waals surface area (Å²) >= 11 is 3.33. The van der Waals surface area contributed by atoms with Crippen molar-refractivity contribution in [3.8, 4) is 6.07 Å². The van der Waals surface area contributed by atoms with E-state index in [2.05, 4.69) is 27.3 Å². The van der Waals surface area contributed by atoms with Crippen molar-refractivity contribution in [1.82, 2.24) is 5.32 Å². The Labute approximate surface area is 261 Å². The maximum Gasteiger partial charge on any atom is 0.348 e. The minimum absolute atomic E-state index is 0.0432. The zero-order chi connectivity index (χ0) is 33.5. The predicted molar refractivity (Wildman–Crippen MR) is 163 cm³/mol. The minimum Gasteiger partial charge on any atom is -0.479 e. The number of hydrogen-bond donors (Lipinski definition) is 7. The number of aliphatic hydroxyl groups is 3. The molecule has 0 saturated heterocycles. The monoisotopic (exact) mass is 669 g/mol. The van der Waals surface area contributed by atoms with Crippen LogP contribution >= 0.6 is 15.9 Å². The Hall–Kier alpha value is -4.45. The van der Waals surface area contributed by atoms with Crippen molar-refractivity contribution in [2.24, 2.45) is 0 Å². The fraction of sp³-hybridized carbons (Fsp3) is 0.258. The first-order chi connectivity index (χ1) is 20.4. The summed E-state index contributed by atoms with van der Waals surface area (Å²) in [5.41, 5.74) is -1.36. The van der Waals surface area contributed by atoms with Crippen LogP contribution in [0.2, 0.25) is 0 Å². The number of ketones is 2. The molecule has 3 rings (SSSR count). The number of carbonyl (C=O) groups excluding carboxylic acids is 2. The SMILES string of the molecule is CC(C)(C)NC(CO)c1cc(Br)c(N)c(C#N)c1.O=C(O)[C@@](O)(C(=O)c1ccccc1)[C@@](O)(C(=O)O)C(=O)c1ccccc1. The molecule has 0 heterocycles. The van der Waals surface area contributed by atoms with Crippen molar-refractivity contribution in [3.63, 3.8) is 0 Å². The van der Waals surface area contributed by atoms with Gasteiger partial charge in [0, 0.05) is 21.1 Å². The number of carbonyl (C=O) groups is 4. The average Bonchev–Trinajstić information content (AvgIpc) is 3.00. The van der Waals surface area contributed by atoms with E-state index < -0.39 is 45.8 Å². The lowest BCUT2D eigenvalue weighted by Gasteiger charge is -2.34. The van der Waals surface area contributed by atoms with E-state index in [1.54, 1.807) is 6.07 Å². The molecule has 3 aromatic carbocycles. The van der Waals surface area contributed by atoms with Crippen molar-refractivity contribution in [3.05, 3.63) is 99.5 Å². The molecule has 13 heteroatoms. The number of nitriles is 1. The van der Waals surface area contributed by atoms with Crippen LogP contribution < -0.4 is 11.1 Å². The van der Waals surface area contributed by atoms with Crippen LogP contribution in [0.5, 0.6) is 0 Å². The third-order valence-electron chi connectivity index (χ3n) is 6.34. The molecule has 0 aromatic heterocycles. The van der Waals surface area contributed by atoms with Gasteiger partial charge in [-0.1, -0.05) is 60.7 Å². The molecule has 1 unspecified atom stereocenters. The van der Waals surface area contributed by atoms with E-state index in [4.69, 9.17) is 11.0 Å². The lowest BCUT2D eigenvalue weighted by Crippen LogP contribution is -2.71. The lowest BCUT2D eigenvalue weighted by molar-refractivity contribution is -0.187. The first-order valence-electron chi connectivity index (χ1n) is 12.9. The number of carboxylic acid groups (broad SMARTS) is 2. The first-order valence-corrected chi connectivity index (χ1v) is 13.7. The van der Waals surface area contributed by atoms with Gasteiger partial charge in [-0.15, -0.1) is 0 Å². The normalized spacial score (nSPS) is 14.4. The quantitative estimate of drug-likeness (QED) is 0.0938. The fourth-order valence-corrected chi connectivity index (χ4v) is 4.60. The third-order valence-corrected chi connectivity index (χ3v) is 6.99. The maximum atomic E-state index is 12.6. The second-order valence-corrected chi connectivity index (χ2v) is 11.5. The van der Waals surface area contributed by atoms with Crippen molar-refractivity contribution < 1.29 is 44.7 Å². The molecule has 0 aliphatic carbocycles. The number of nitrogens with one attached hydrogen (secondary N) is 1. The molecule has 0 fully saturated rings. The molecule has 0 radical (unpaired) electrons. The molecule has 0 amide bonds. The van der Waals surface area contributed by atoms with E-state index in [0.29, 0.717) is 15.7 Å². The van der Waals surface area contributed by atoms with E-state index >= 15 is 0 Å². The Morgan fingerprint density at radius 1 is 0.864 bits per heavy atom. The van der Waals surface area contributed by atoms with Gasteiger partial charge in [0.05, 0.1) is 23.9 Å². The van der Waals surface area contributed by atoms with E-state index in [9.17, 15) is 44.7 Å². The fourth-order valence-electron chi connectivity index (χ4n) is 4.12. The smallest absolute Gasteiger partial charge is 0.348 e. The van der Waals surface area contributed by atoms with E-state index in [1.807, 2.05) is 26.8 Å². The minimum atomic E-state index is -3.95. The van der Waals surface area contributed by atoms with Gasteiger partial charge in [0.2, 0.25) is 11.6 Å². The third kappa shape index (κ3) is 7.54. The molecule has 44 heavy (non-hydrogen) atoms. The maximum absolute atomic E-state index is 12.6. The number of carboxylic acids is 2. The van der Waals surface area contributed by atoms with Crippen molar-refractivity contribution in [2.45, 2.75) is 43.6 Å². The summed E-state index contributed by atoms with van der Waals surface area (Å²) in [7, 11) is 0. The van der Waals surface area contributed by atoms with Crippen LogP contribution in [-0.4, -0.2) is 72.4 Å². The summed E-state index contributed by atoms with van der Waals surface area (Å²) < 4.78 is 0.672. The number of aliphatic hydroxyl groups excluding tert-OH is 1. The largest absolute Gasteiger partial charge is 0.479 e. The Morgan fingerprint density at radius 3 is 1.59 bits per heavy atom. The van der Waals surface area contributed by atoms with Gasteiger partial charge in [0.25, 0.3) is 11.2 Å². The molecular formula is C31H32BrN3O9. The number of Topliss-reactive ketones (excluding diaryl/α,β-unsaturated/α-hetero) is 2. The number of aliphatic carboxylic acids is 2. The Kier molecular flexibility index (Phi) is 11.7.